The predicted molar refractivity (Wildman–Crippen MR) is 100 cm³/mol. The Balaban J connectivity index is 1.83. The third-order valence-electron chi connectivity index (χ3n) is 4.48. The lowest BCUT2D eigenvalue weighted by Crippen LogP contribution is -2.12. The third-order valence-corrected chi connectivity index (χ3v) is 4.48. The highest BCUT2D eigenvalue weighted by atomic mass is 16.5. The van der Waals surface area contributed by atoms with Gasteiger partial charge in [0.1, 0.15) is 11.3 Å². The minimum Gasteiger partial charge on any atom is -0.464 e. The highest BCUT2D eigenvalue weighted by Crippen LogP contribution is 2.29. The van der Waals surface area contributed by atoms with Gasteiger partial charge in [0.2, 0.25) is 0 Å². The minimum absolute atomic E-state index is 0.200. The van der Waals surface area contributed by atoms with Crippen molar-refractivity contribution in [3.05, 3.63) is 64.9 Å². The number of furan rings is 1. The number of fused-ring (bicyclic) bond motifs is 1. The molecule has 130 valence electrons. The Bertz CT molecular complexity index is 903. The maximum atomic E-state index is 12.5. The lowest BCUT2D eigenvalue weighted by atomic mass is 10.0. The molecule has 3 aromatic rings. The molecule has 0 saturated carbocycles. The average molecular weight is 336 g/mol. The molecular formula is C22H24O3. The van der Waals surface area contributed by atoms with Gasteiger partial charge in [-0.25, -0.2) is 0 Å². The number of ether oxygens (including phenoxy) is 1. The number of rotatable bonds is 5. The zero-order chi connectivity index (χ0) is 18.0. The summed E-state index contributed by atoms with van der Waals surface area (Å²) < 4.78 is 11.3. The van der Waals surface area contributed by atoms with E-state index < -0.39 is 0 Å². The zero-order valence-electron chi connectivity index (χ0n) is 15.3. The lowest BCUT2D eigenvalue weighted by Gasteiger charge is -2.13. The van der Waals surface area contributed by atoms with Crippen molar-refractivity contribution in [3.63, 3.8) is 0 Å². The number of esters is 1. The van der Waals surface area contributed by atoms with Crippen molar-refractivity contribution in [3.8, 4) is 5.75 Å². The number of carbonyl (C=O) groups is 1. The average Bonchev–Trinajstić information content (AvgIpc) is 2.96. The smallest absolute Gasteiger partial charge is 0.315 e. The maximum absolute atomic E-state index is 12.5. The second kappa shape index (κ2) is 7.14. The van der Waals surface area contributed by atoms with Crippen molar-refractivity contribution in [2.75, 3.05) is 0 Å². The molecule has 3 heteroatoms. The van der Waals surface area contributed by atoms with Gasteiger partial charge in [-0.3, -0.25) is 4.79 Å². The number of hydrogen-bond acceptors (Lipinski definition) is 3. The number of benzene rings is 2. The van der Waals surface area contributed by atoms with Gasteiger partial charge in [-0.2, -0.15) is 0 Å². The van der Waals surface area contributed by atoms with Crippen molar-refractivity contribution in [1.82, 2.24) is 0 Å². The van der Waals surface area contributed by atoms with Gasteiger partial charge in [0, 0.05) is 10.9 Å². The van der Waals surface area contributed by atoms with E-state index in [0.717, 1.165) is 34.1 Å². The minimum atomic E-state index is -0.267. The fourth-order valence-electron chi connectivity index (χ4n) is 3.01. The molecule has 3 nitrogen and oxygen atoms in total. The van der Waals surface area contributed by atoms with Crippen LogP contribution < -0.4 is 4.74 Å². The van der Waals surface area contributed by atoms with Crippen LogP contribution in [-0.4, -0.2) is 5.97 Å². The molecule has 0 aliphatic rings. The molecule has 25 heavy (non-hydrogen) atoms. The molecule has 0 fully saturated rings. The van der Waals surface area contributed by atoms with E-state index in [9.17, 15) is 4.79 Å². The van der Waals surface area contributed by atoms with Crippen LogP contribution in [0.5, 0.6) is 5.75 Å². The van der Waals surface area contributed by atoms with Crippen LogP contribution in [0, 0.1) is 6.92 Å². The van der Waals surface area contributed by atoms with E-state index in [1.807, 2.05) is 31.2 Å². The highest BCUT2D eigenvalue weighted by molar-refractivity contribution is 5.87. The molecule has 0 aliphatic carbocycles. The van der Waals surface area contributed by atoms with Crippen LogP contribution in [0.2, 0.25) is 0 Å². The van der Waals surface area contributed by atoms with Gasteiger partial charge >= 0.3 is 5.97 Å². The summed E-state index contributed by atoms with van der Waals surface area (Å²) in [4.78, 5) is 12.5. The van der Waals surface area contributed by atoms with Gasteiger partial charge in [-0.15, -0.1) is 0 Å². The first-order valence-corrected chi connectivity index (χ1v) is 8.78. The van der Waals surface area contributed by atoms with E-state index in [1.54, 1.807) is 6.26 Å². The molecule has 0 unspecified atom stereocenters. The summed E-state index contributed by atoms with van der Waals surface area (Å²) in [5.74, 6) is 0.685. The molecule has 0 spiro atoms. The Kier molecular flexibility index (Phi) is 4.93. The van der Waals surface area contributed by atoms with Crippen molar-refractivity contribution in [2.24, 2.45) is 0 Å². The Morgan fingerprint density at radius 2 is 1.96 bits per heavy atom. The van der Waals surface area contributed by atoms with Crippen LogP contribution in [0.4, 0.5) is 0 Å². The molecule has 1 aromatic heterocycles. The normalized spacial score (nSPS) is 11.2. The van der Waals surface area contributed by atoms with Crippen LogP contribution >= 0.6 is 0 Å². The highest BCUT2D eigenvalue weighted by Gasteiger charge is 2.15. The van der Waals surface area contributed by atoms with E-state index in [1.165, 1.54) is 5.56 Å². The SMILES string of the molecule is CCc1ccc2occ(CC(=O)Oc3cc(C)ccc3C(C)C)c2c1. The first-order chi connectivity index (χ1) is 12.0. The van der Waals surface area contributed by atoms with Crippen LogP contribution in [0.3, 0.4) is 0 Å². The molecule has 0 aliphatic heterocycles. The Morgan fingerprint density at radius 1 is 1.16 bits per heavy atom. The van der Waals surface area contributed by atoms with Gasteiger partial charge in [0.15, 0.2) is 0 Å². The number of aryl methyl sites for hydroxylation is 2. The van der Waals surface area contributed by atoms with E-state index in [4.69, 9.17) is 9.15 Å². The summed E-state index contributed by atoms with van der Waals surface area (Å²) >= 11 is 0. The van der Waals surface area contributed by atoms with Crippen molar-refractivity contribution < 1.29 is 13.9 Å². The van der Waals surface area contributed by atoms with Crippen LogP contribution in [0.25, 0.3) is 11.0 Å². The Hall–Kier alpha value is -2.55. The van der Waals surface area contributed by atoms with Crippen molar-refractivity contribution >= 4 is 16.9 Å². The van der Waals surface area contributed by atoms with E-state index in [-0.39, 0.29) is 12.4 Å². The molecule has 2 aromatic carbocycles. The second-order valence-corrected chi connectivity index (χ2v) is 6.79. The molecule has 0 bridgehead atoms. The molecule has 3 rings (SSSR count). The summed E-state index contributed by atoms with van der Waals surface area (Å²) in [5.41, 5.74) is 5.02. The molecule has 1 heterocycles. The Morgan fingerprint density at radius 3 is 2.68 bits per heavy atom. The summed E-state index contributed by atoms with van der Waals surface area (Å²) in [6.07, 6.45) is 2.81. The van der Waals surface area contributed by atoms with E-state index in [2.05, 4.69) is 32.9 Å². The van der Waals surface area contributed by atoms with Gasteiger partial charge < -0.3 is 9.15 Å². The molecule has 0 amide bonds. The molecule has 0 saturated heterocycles. The summed E-state index contributed by atoms with van der Waals surface area (Å²) in [6.45, 7) is 8.30. The van der Waals surface area contributed by atoms with Gasteiger partial charge in [-0.1, -0.05) is 39.0 Å². The predicted octanol–water partition coefficient (Wildman–Crippen LogP) is 5.58. The standard InChI is InChI=1S/C22H24O3/c1-5-16-7-9-20-19(11-16)17(13-24-20)12-22(23)25-21-10-15(4)6-8-18(21)14(2)3/h6-11,13-14H,5,12H2,1-4H3. The topological polar surface area (TPSA) is 39.4 Å². The lowest BCUT2D eigenvalue weighted by molar-refractivity contribution is -0.133. The zero-order valence-corrected chi connectivity index (χ0v) is 15.3. The fourth-order valence-corrected chi connectivity index (χ4v) is 3.01. The Labute approximate surface area is 148 Å². The van der Waals surface area contributed by atoms with E-state index >= 15 is 0 Å². The van der Waals surface area contributed by atoms with Gasteiger partial charge in [-0.05, 0) is 54.2 Å². The summed E-state index contributed by atoms with van der Waals surface area (Å²) in [6, 6.07) is 12.1. The quantitative estimate of drug-likeness (QED) is 0.451. The molecule has 0 N–H and O–H groups in total. The van der Waals surface area contributed by atoms with Crippen LogP contribution in [0.15, 0.2) is 47.1 Å². The van der Waals surface area contributed by atoms with Gasteiger partial charge in [0.25, 0.3) is 0 Å². The molecular weight excluding hydrogens is 312 g/mol. The van der Waals surface area contributed by atoms with Crippen LogP contribution in [0.1, 0.15) is 48.9 Å². The number of carbonyl (C=O) groups excluding carboxylic acids is 1. The van der Waals surface area contributed by atoms with Crippen molar-refractivity contribution in [1.29, 1.82) is 0 Å². The van der Waals surface area contributed by atoms with E-state index in [0.29, 0.717) is 11.7 Å². The van der Waals surface area contributed by atoms with Crippen molar-refractivity contribution in [2.45, 2.75) is 46.5 Å². The fraction of sp³-hybridized carbons (Fsp3) is 0.318. The second-order valence-electron chi connectivity index (χ2n) is 6.79. The summed E-state index contributed by atoms with van der Waals surface area (Å²) in [7, 11) is 0. The first-order valence-electron chi connectivity index (χ1n) is 8.78. The monoisotopic (exact) mass is 336 g/mol. The number of hydrogen-bond donors (Lipinski definition) is 0. The molecule has 0 atom stereocenters. The first kappa shape index (κ1) is 17.3. The summed E-state index contributed by atoms with van der Waals surface area (Å²) in [5, 5.41) is 0.990. The third kappa shape index (κ3) is 3.76. The largest absolute Gasteiger partial charge is 0.464 e. The maximum Gasteiger partial charge on any atom is 0.315 e. The van der Waals surface area contributed by atoms with Gasteiger partial charge in [0.05, 0.1) is 12.7 Å². The van der Waals surface area contributed by atoms with Crippen LogP contribution in [-0.2, 0) is 17.6 Å². The molecule has 0 radical (unpaired) electrons.